The second kappa shape index (κ2) is 8.78. The molecule has 0 fully saturated rings. The largest absolute Gasteiger partial charge is 0.339 e. The van der Waals surface area contributed by atoms with Crippen molar-refractivity contribution in [2.24, 2.45) is 0 Å². The molecule has 150 valence electrons. The first-order chi connectivity index (χ1) is 13.9. The van der Waals surface area contributed by atoms with E-state index in [4.69, 9.17) is 0 Å². The van der Waals surface area contributed by atoms with Crippen molar-refractivity contribution in [3.63, 3.8) is 0 Å². The van der Waals surface area contributed by atoms with Crippen LogP contribution in [0.3, 0.4) is 0 Å². The van der Waals surface area contributed by atoms with Crippen LogP contribution in [0.4, 0.5) is 5.69 Å². The van der Waals surface area contributed by atoms with E-state index in [-0.39, 0.29) is 11.8 Å². The Morgan fingerprint density at radius 3 is 1.83 bits per heavy atom. The molecule has 1 aromatic heterocycles. The van der Waals surface area contributed by atoms with Gasteiger partial charge in [-0.1, -0.05) is 0 Å². The molecule has 3 aromatic rings. The predicted molar refractivity (Wildman–Crippen MR) is 117 cm³/mol. The molecule has 0 spiro atoms. The number of carbonyl (C=O) groups is 2. The van der Waals surface area contributed by atoms with Gasteiger partial charge >= 0.3 is 0 Å². The van der Waals surface area contributed by atoms with Gasteiger partial charge in [-0.3, -0.25) is 9.59 Å². The molecule has 0 unspecified atom stereocenters. The first-order valence-corrected chi connectivity index (χ1v) is 9.90. The maximum absolute atomic E-state index is 12.6. The van der Waals surface area contributed by atoms with E-state index in [1.165, 1.54) is 0 Å². The monoisotopic (exact) mass is 389 g/mol. The van der Waals surface area contributed by atoms with Gasteiger partial charge in [-0.25, -0.2) is 0 Å². The number of nitrogens with one attached hydrogen (secondary N) is 1. The summed E-state index contributed by atoms with van der Waals surface area (Å²) < 4.78 is 2.15. The van der Waals surface area contributed by atoms with E-state index in [1.54, 1.807) is 29.2 Å². The van der Waals surface area contributed by atoms with E-state index in [1.807, 2.05) is 38.1 Å². The highest BCUT2D eigenvalue weighted by Crippen LogP contribution is 2.18. The van der Waals surface area contributed by atoms with Crippen LogP contribution in [0, 0.1) is 13.8 Å². The van der Waals surface area contributed by atoms with Crippen molar-refractivity contribution >= 4 is 17.5 Å². The molecule has 0 aliphatic heterocycles. The Morgan fingerprint density at radius 2 is 1.31 bits per heavy atom. The van der Waals surface area contributed by atoms with Crippen molar-refractivity contribution < 1.29 is 9.59 Å². The highest BCUT2D eigenvalue weighted by Gasteiger charge is 2.13. The highest BCUT2D eigenvalue weighted by molar-refractivity contribution is 6.04. The molecule has 1 heterocycles. The molecule has 5 nitrogen and oxygen atoms in total. The molecular formula is C24H27N3O2. The van der Waals surface area contributed by atoms with Crippen molar-refractivity contribution in [2.75, 3.05) is 18.4 Å². The molecule has 0 aliphatic rings. The lowest BCUT2D eigenvalue weighted by Gasteiger charge is -2.18. The van der Waals surface area contributed by atoms with Crippen LogP contribution in [0.15, 0.2) is 60.7 Å². The summed E-state index contributed by atoms with van der Waals surface area (Å²) in [6.45, 7) is 9.38. The van der Waals surface area contributed by atoms with E-state index in [2.05, 4.69) is 35.9 Å². The van der Waals surface area contributed by atoms with Gasteiger partial charge in [0.15, 0.2) is 0 Å². The van der Waals surface area contributed by atoms with Crippen LogP contribution in [0.2, 0.25) is 0 Å². The van der Waals surface area contributed by atoms with Gasteiger partial charge in [-0.05, 0) is 88.4 Å². The van der Waals surface area contributed by atoms with Crippen molar-refractivity contribution in [2.45, 2.75) is 27.7 Å². The molecule has 0 saturated carbocycles. The number of aryl methyl sites for hydroxylation is 2. The number of anilines is 1. The van der Waals surface area contributed by atoms with Crippen LogP contribution in [-0.4, -0.2) is 34.4 Å². The van der Waals surface area contributed by atoms with E-state index >= 15 is 0 Å². The summed E-state index contributed by atoms with van der Waals surface area (Å²) >= 11 is 0. The molecule has 2 amide bonds. The molecule has 3 rings (SSSR count). The van der Waals surface area contributed by atoms with E-state index in [0.717, 1.165) is 17.1 Å². The van der Waals surface area contributed by atoms with E-state index < -0.39 is 0 Å². The minimum atomic E-state index is -0.180. The number of carbonyl (C=O) groups excluding carboxylic acids is 2. The Labute approximate surface area is 172 Å². The summed E-state index contributed by atoms with van der Waals surface area (Å²) in [6.07, 6.45) is 0. The fourth-order valence-electron chi connectivity index (χ4n) is 3.43. The van der Waals surface area contributed by atoms with Crippen molar-refractivity contribution in [3.05, 3.63) is 83.2 Å². The van der Waals surface area contributed by atoms with Crippen LogP contribution in [-0.2, 0) is 0 Å². The third-order valence-corrected chi connectivity index (χ3v) is 5.10. The average Bonchev–Trinajstić information content (AvgIpc) is 3.07. The molecule has 1 N–H and O–H groups in total. The zero-order chi connectivity index (χ0) is 21.0. The molecule has 2 aromatic carbocycles. The van der Waals surface area contributed by atoms with Gasteiger partial charge in [0.25, 0.3) is 11.8 Å². The predicted octanol–water partition coefficient (Wildman–Crippen LogP) is 4.83. The van der Waals surface area contributed by atoms with E-state index in [9.17, 15) is 9.59 Å². The summed E-state index contributed by atoms with van der Waals surface area (Å²) in [7, 11) is 0. The Morgan fingerprint density at radius 1 is 0.793 bits per heavy atom. The van der Waals surface area contributed by atoms with Crippen LogP contribution < -0.4 is 5.32 Å². The number of rotatable bonds is 6. The fourth-order valence-corrected chi connectivity index (χ4v) is 3.43. The van der Waals surface area contributed by atoms with Gasteiger partial charge < -0.3 is 14.8 Å². The standard InChI is InChI=1S/C24H27N3O2/c1-5-26(6-2)24(29)20-9-13-21(14-10-20)25-23(28)19-11-15-22(16-12-19)27-17(3)7-8-18(27)4/h7-16H,5-6H2,1-4H3,(H,25,28). The topological polar surface area (TPSA) is 54.3 Å². The molecule has 0 aliphatic carbocycles. The number of benzene rings is 2. The maximum atomic E-state index is 12.6. The number of hydrogen-bond acceptors (Lipinski definition) is 2. The van der Waals surface area contributed by atoms with Crippen LogP contribution in [0.25, 0.3) is 5.69 Å². The van der Waals surface area contributed by atoms with Crippen molar-refractivity contribution in [1.29, 1.82) is 0 Å². The van der Waals surface area contributed by atoms with Gasteiger partial charge in [0, 0.05) is 47.0 Å². The summed E-state index contributed by atoms with van der Waals surface area (Å²) in [5.41, 5.74) is 5.19. The zero-order valence-corrected chi connectivity index (χ0v) is 17.4. The first kappa shape index (κ1) is 20.4. The molecule has 0 atom stereocenters. The van der Waals surface area contributed by atoms with Gasteiger partial charge in [-0.15, -0.1) is 0 Å². The molecule has 0 saturated heterocycles. The Bertz CT molecular complexity index is 978. The van der Waals surface area contributed by atoms with Gasteiger partial charge in [-0.2, -0.15) is 0 Å². The average molecular weight is 389 g/mol. The number of hydrogen-bond donors (Lipinski definition) is 1. The summed E-state index contributed by atoms with van der Waals surface area (Å²) in [6, 6.07) is 18.7. The van der Waals surface area contributed by atoms with Crippen molar-refractivity contribution in [3.8, 4) is 5.69 Å². The highest BCUT2D eigenvalue weighted by atomic mass is 16.2. The van der Waals surface area contributed by atoms with Gasteiger partial charge in [0.05, 0.1) is 0 Å². The molecule has 5 heteroatoms. The Balaban J connectivity index is 1.69. The lowest BCUT2D eigenvalue weighted by molar-refractivity contribution is 0.0773. The normalized spacial score (nSPS) is 10.6. The lowest BCUT2D eigenvalue weighted by Crippen LogP contribution is -2.30. The third-order valence-electron chi connectivity index (χ3n) is 5.10. The third kappa shape index (κ3) is 4.40. The molecule has 29 heavy (non-hydrogen) atoms. The second-order valence-electron chi connectivity index (χ2n) is 7.01. The second-order valence-corrected chi connectivity index (χ2v) is 7.01. The SMILES string of the molecule is CCN(CC)C(=O)c1ccc(NC(=O)c2ccc(-n3c(C)ccc3C)cc2)cc1. The Kier molecular flexibility index (Phi) is 6.17. The van der Waals surface area contributed by atoms with E-state index in [0.29, 0.717) is 29.9 Å². The summed E-state index contributed by atoms with van der Waals surface area (Å²) in [4.78, 5) is 26.7. The number of amides is 2. The van der Waals surface area contributed by atoms with Gasteiger partial charge in [0.2, 0.25) is 0 Å². The lowest BCUT2D eigenvalue weighted by atomic mass is 10.1. The minimum Gasteiger partial charge on any atom is -0.339 e. The first-order valence-electron chi connectivity index (χ1n) is 9.90. The van der Waals surface area contributed by atoms with Crippen molar-refractivity contribution in [1.82, 2.24) is 9.47 Å². The van der Waals surface area contributed by atoms with Crippen LogP contribution >= 0.6 is 0 Å². The molecule has 0 bridgehead atoms. The quantitative estimate of drug-likeness (QED) is 0.657. The smallest absolute Gasteiger partial charge is 0.255 e. The minimum absolute atomic E-state index is 0.000867. The van der Waals surface area contributed by atoms with Crippen LogP contribution in [0.5, 0.6) is 0 Å². The maximum Gasteiger partial charge on any atom is 0.255 e. The number of aromatic nitrogens is 1. The summed E-state index contributed by atoms with van der Waals surface area (Å²) in [5.74, 6) is -0.181. The molecule has 0 radical (unpaired) electrons. The molecular weight excluding hydrogens is 362 g/mol. The zero-order valence-electron chi connectivity index (χ0n) is 17.4. The van der Waals surface area contributed by atoms with Gasteiger partial charge in [0.1, 0.15) is 0 Å². The van der Waals surface area contributed by atoms with Crippen LogP contribution in [0.1, 0.15) is 46.0 Å². The summed E-state index contributed by atoms with van der Waals surface area (Å²) in [5, 5.41) is 2.89. The fraction of sp³-hybridized carbons (Fsp3) is 0.250. The Hall–Kier alpha value is -3.34. The number of nitrogens with zero attached hydrogens (tertiary/aromatic N) is 2.